The zero-order valence-corrected chi connectivity index (χ0v) is 15.4. The Hall–Kier alpha value is -1.16. The van der Waals surface area contributed by atoms with E-state index in [-0.39, 0.29) is 5.91 Å². The van der Waals surface area contributed by atoms with Crippen LogP contribution >= 0.6 is 35.0 Å². The van der Waals surface area contributed by atoms with Gasteiger partial charge in [-0.15, -0.1) is 11.8 Å². The molecule has 2 rings (SSSR count). The topological polar surface area (TPSA) is 29.1 Å². The van der Waals surface area contributed by atoms with Crippen LogP contribution < -0.4 is 5.32 Å². The van der Waals surface area contributed by atoms with Crippen LogP contribution in [0.3, 0.4) is 0 Å². The molecule has 0 saturated carbocycles. The van der Waals surface area contributed by atoms with Crippen molar-refractivity contribution in [2.75, 3.05) is 11.1 Å². The number of benzene rings is 2. The van der Waals surface area contributed by atoms with Gasteiger partial charge in [-0.25, -0.2) is 0 Å². The molecule has 0 spiro atoms. The van der Waals surface area contributed by atoms with Crippen molar-refractivity contribution < 1.29 is 4.79 Å². The molecule has 122 valence electrons. The Morgan fingerprint density at radius 2 is 1.74 bits per heavy atom. The molecule has 2 aromatic rings. The Morgan fingerprint density at radius 3 is 2.39 bits per heavy atom. The average Bonchev–Trinajstić information content (AvgIpc) is 2.50. The zero-order valence-electron chi connectivity index (χ0n) is 13.1. The van der Waals surface area contributed by atoms with Crippen molar-refractivity contribution in [2.45, 2.75) is 25.5 Å². The summed E-state index contributed by atoms with van der Waals surface area (Å²) in [6.45, 7) is 4.22. The highest BCUT2D eigenvalue weighted by molar-refractivity contribution is 7.99. The van der Waals surface area contributed by atoms with Crippen molar-refractivity contribution in [3.05, 3.63) is 63.6 Å². The maximum Gasteiger partial charge on any atom is 0.234 e. The predicted octanol–water partition coefficient (Wildman–Crippen LogP) is 5.99. The summed E-state index contributed by atoms with van der Waals surface area (Å²) in [6, 6.07) is 13.3. The lowest BCUT2D eigenvalue weighted by molar-refractivity contribution is -0.113. The van der Waals surface area contributed by atoms with Crippen LogP contribution in [0, 0.1) is 0 Å². The molecule has 1 amide bonds. The van der Waals surface area contributed by atoms with Gasteiger partial charge in [0, 0.05) is 21.5 Å². The molecule has 0 heterocycles. The number of rotatable bonds is 6. The fourth-order valence-corrected chi connectivity index (χ4v) is 3.78. The van der Waals surface area contributed by atoms with E-state index in [0.717, 1.165) is 16.8 Å². The molecule has 23 heavy (non-hydrogen) atoms. The molecule has 1 N–H and O–H groups in total. The number of hydrogen-bond donors (Lipinski definition) is 1. The molecule has 0 saturated heterocycles. The molecule has 0 unspecified atom stereocenters. The molecule has 2 nitrogen and oxygen atoms in total. The second kappa shape index (κ2) is 8.62. The van der Waals surface area contributed by atoms with E-state index in [9.17, 15) is 4.79 Å². The van der Waals surface area contributed by atoms with Crippen molar-refractivity contribution in [1.29, 1.82) is 0 Å². The predicted molar refractivity (Wildman–Crippen MR) is 102 cm³/mol. The summed E-state index contributed by atoms with van der Waals surface area (Å²) >= 11 is 13.8. The van der Waals surface area contributed by atoms with Gasteiger partial charge in [0.2, 0.25) is 5.91 Å². The summed E-state index contributed by atoms with van der Waals surface area (Å²) < 4.78 is 0. The van der Waals surface area contributed by atoms with Crippen molar-refractivity contribution in [3.63, 3.8) is 0 Å². The highest BCUT2D eigenvalue weighted by Gasteiger charge is 2.10. The monoisotopic (exact) mass is 367 g/mol. The lowest BCUT2D eigenvalue weighted by Gasteiger charge is -2.13. The van der Waals surface area contributed by atoms with E-state index >= 15 is 0 Å². The molecule has 0 atom stereocenters. The standard InChI is InChI=1S/C18H19Cl2NOS/c1-12(2)13-6-3-4-9-17(13)21-18(22)11-23-10-14-15(19)7-5-8-16(14)20/h3-9,12H,10-11H2,1-2H3,(H,21,22). The quantitative estimate of drug-likeness (QED) is 0.679. The first-order chi connectivity index (χ1) is 11.0. The van der Waals surface area contributed by atoms with Crippen LogP contribution in [-0.4, -0.2) is 11.7 Å². The Kier molecular flexibility index (Phi) is 6.82. The van der Waals surface area contributed by atoms with Crippen molar-refractivity contribution in [2.24, 2.45) is 0 Å². The molecule has 0 aromatic heterocycles. The number of halogens is 2. The number of carbonyl (C=O) groups excluding carboxylic acids is 1. The molecule has 0 aliphatic carbocycles. The van der Waals surface area contributed by atoms with Crippen LogP contribution in [0.1, 0.15) is 30.9 Å². The number of amides is 1. The van der Waals surface area contributed by atoms with Gasteiger partial charge in [0.05, 0.1) is 5.75 Å². The minimum atomic E-state index is -0.0220. The van der Waals surface area contributed by atoms with E-state index in [1.54, 1.807) is 0 Å². The van der Waals surface area contributed by atoms with Gasteiger partial charge >= 0.3 is 0 Å². The van der Waals surface area contributed by atoms with Gasteiger partial charge in [-0.2, -0.15) is 0 Å². The third kappa shape index (κ3) is 5.17. The van der Waals surface area contributed by atoms with Crippen molar-refractivity contribution >= 4 is 46.6 Å². The molecule has 0 radical (unpaired) electrons. The van der Waals surface area contributed by atoms with E-state index in [1.165, 1.54) is 11.8 Å². The van der Waals surface area contributed by atoms with Crippen LogP contribution in [0.5, 0.6) is 0 Å². The van der Waals surface area contributed by atoms with E-state index in [2.05, 4.69) is 19.2 Å². The number of anilines is 1. The lowest BCUT2D eigenvalue weighted by Crippen LogP contribution is -2.15. The lowest BCUT2D eigenvalue weighted by atomic mass is 10.0. The Morgan fingerprint density at radius 1 is 1.09 bits per heavy atom. The number of carbonyl (C=O) groups is 1. The second-order valence-corrected chi connectivity index (χ2v) is 7.28. The number of thioether (sulfide) groups is 1. The molecule has 0 aliphatic rings. The minimum absolute atomic E-state index is 0.0220. The van der Waals surface area contributed by atoms with Crippen LogP contribution in [-0.2, 0) is 10.5 Å². The fourth-order valence-electron chi connectivity index (χ4n) is 2.22. The average molecular weight is 368 g/mol. The van der Waals surface area contributed by atoms with Gasteiger partial charge in [0.15, 0.2) is 0 Å². The molecule has 0 fully saturated rings. The zero-order chi connectivity index (χ0) is 16.8. The molecular weight excluding hydrogens is 349 g/mol. The summed E-state index contributed by atoms with van der Waals surface area (Å²) in [6.07, 6.45) is 0. The normalized spacial score (nSPS) is 10.8. The van der Waals surface area contributed by atoms with E-state index in [4.69, 9.17) is 23.2 Å². The van der Waals surface area contributed by atoms with Gasteiger partial charge in [-0.1, -0.05) is 61.3 Å². The minimum Gasteiger partial charge on any atom is -0.325 e. The van der Waals surface area contributed by atoms with Gasteiger partial charge in [-0.05, 0) is 35.2 Å². The smallest absolute Gasteiger partial charge is 0.234 e. The Bertz CT molecular complexity index is 668. The summed E-state index contributed by atoms with van der Waals surface area (Å²) in [5.41, 5.74) is 2.89. The third-order valence-corrected chi connectivity index (χ3v) is 5.07. The number of nitrogens with one attached hydrogen (secondary N) is 1. The molecule has 2 aromatic carbocycles. The Labute approximate surface area is 151 Å². The van der Waals surface area contributed by atoms with Gasteiger partial charge in [-0.3, -0.25) is 4.79 Å². The molecule has 0 bridgehead atoms. The van der Waals surface area contributed by atoms with E-state index in [0.29, 0.717) is 27.5 Å². The third-order valence-electron chi connectivity index (χ3n) is 3.40. The fraction of sp³-hybridized carbons (Fsp3) is 0.278. The van der Waals surface area contributed by atoms with Crippen LogP contribution in [0.15, 0.2) is 42.5 Å². The maximum absolute atomic E-state index is 12.1. The maximum atomic E-state index is 12.1. The summed E-state index contributed by atoms with van der Waals surface area (Å²) in [7, 11) is 0. The summed E-state index contributed by atoms with van der Waals surface area (Å²) in [4.78, 5) is 12.1. The van der Waals surface area contributed by atoms with Crippen molar-refractivity contribution in [1.82, 2.24) is 0 Å². The SMILES string of the molecule is CC(C)c1ccccc1NC(=O)CSCc1c(Cl)cccc1Cl. The molecular formula is C18H19Cl2NOS. The first-order valence-corrected chi connectivity index (χ1v) is 9.29. The largest absolute Gasteiger partial charge is 0.325 e. The first-order valence-electron chi connectivity index (χ1n) is 7.38. The van der Waals surface area contributed by atoms with Gasteiger partial charge in [0.1, 0.15) is 0 Å². The van der Waals surface area contributed by atoms with Crippen LogP contribution in [0.25, 0.3) is 0 Å². The highest BCUT2D eigenvalue weighted by atomic mass is 35.5. The highest BCUT2D eigenvalue weighted by Crippen LogP contribution is 2.28. The second-order valence-electron chi connectivity index (χ2n) is 5.48. The number of para-hydroxylation sites is 1. The number of hydrogen-bond acceptors (Lipinski definition) is 2. The van der Waals surface area contributed by atoms with Gasteiger partial charge < -0.3 is 5.32 Å². The Balaban J connectivity index is 1.91. The van der Waals surface area contributed by atoms with E-state index < -0.39 is 0 Å². The summed E-state index contributed by atoms with van der Waals surface area (Å²) in [5.74, 6) is 1.30. The summed E-state index contributed by atoms with van der Waals surface area (Å²) in [5, 5.41) is 4.25. The van der Waals surface area contributed by atoms with E-state index in [1.807, 2.05) is 42.5 Å². The van der Waals surface area contributed by atoms with Crippen LogP contribution in [0.4, 0.5) is 5.69 Å². The van der Waals surface area contributed by atoms with Crippen molar-refractivity contribution in [3.8, 4) is 0 Å². The molecule has 0 aliphatic heterocycles. The van der Waals surface area contributed by atoms with Crippen LogP contribution in [0.2, 0.25) is 10.0 Å². The van der Waals surface area contributed by atoms with Gasteiger partial charge in [0.25, 0.3) is 0 Å². The first kappa shape index (κ1) is 18.2. The molecule has 5 heteroatoms.